The Labute approximate surface area is 193 Å². The number of hydrogen-bond donors (Lipinski definition) is 3. The largest absolute Gasteiger partial charge is 0.471 e. The summed E-state index contributed by atoms with van der Waals surface area (Å²) in [5.74, 6) is -3.15. The van der Waals surface area contributed by atoms with Crippen molar-refractivity contribution in [3.05, 3.63) is 69.2 Å². The Bertz CT molecular complexity index is 1140. The van der Waals surface area contributed by atoms with E-state index in [0.29, 0.717) is 23.7 Å². The van der Waals surface area contributed by atoms with Crippen molar-refractivity contribution < 1.29 is 22.8 Å². The third-order valence-electron chi connectivity index (χ3n) is 6.20. The normalized spacial score (nSPS) is 20.5. The van der Waals surface area contributed by atoms with Crippen LogP contribution in [0.4, 0.5) is 13.2 Å². The zero-order valence-electron chi connectivity index (χ0n) is 17.7. The number of nitrogens with zero attached hydrogens (tertiary/aromatic N) is 1. The fourth-order valence-corrected chi connectivity index (χ4v) is 4.59. The number of amides is 2. The maximum absolute atomic E-state index is 13.3. The molecule has 2 aromatic rings. The van der Waals surface area contributed by atoms with Gasteiger partial charge >= 0.3 is 12.1 Å². The van der Waals surface area contributed by atoms with Gasteiger partial charge in [-0.15, -0.1) is 0 Å². The average Bonchev–Trinajstić information content (AvgIpc) is 3.10. The fourth-order valence-electron chi connectivity index (χ4n) is 4.40. The molecular weight excluding hydrogens is 457 g/mol. The van der Waals surface area contributed by atoms with Gasteiger partial charge in [0.25, 0.3) is 5.91 Å². The van der Waals surface area contributed by atoms with Crippen molar-refractivity contribution in [2.24, 2.45) is 0 Å². The highest BCUT2D eigenvalue weighted by molar-refractivity contribution is 6.31. The molecule has 0 spiro atoms. The van der Waals surface area contributed by atoms with Crippen molar-refractivity contribution in [3.8, 4) is 0 Å². The number of fused-ring (bicyclic) bond motifs is 1. The first kappa shape index (κ1) is 23.3. The number of amidine groups is 1. The molecule has 1 fully saturated rings. The van der Waals surface area contributed by atoms with Crippen LogP contribution in [0.15, 0.2) is 36.4 Å². The van der Waals surface area contributed by atoms with Gasteiger partial charge in [0.2, 0.25) is 0 Å². The lowest BCUT2D eigenvalue weighted by molar-refractivity contribution is -0.171. The lowest BCUT2D eigenvalue weighted by Gasteiger charge is -2.38. The van der Waals surface area contributed by atoms with Gasteiger partial charge < -0.3 is 15.5 Å². The minimum absolute atomic E-state index is 0.0268. The van der Waals surface area contributed by atoms with Gasteiger partial charge in [0.1, 0.15) is 5.84 Å². The standard InChI is InChI=1S/C23H22ClF3N4O2/c1-12-2-3-13(9-18(12)24)17-10-29-7-6-19(17)31-11-15-5-4-14(8-16(15)21(31)32)20(28)30-22(33)23(25,26)27/h2-5,8-9,17,19,29H,6-7,10-11H2,1H3,(H2,28,30,33). The summed E-state index contributed by atoms with van der Waals surface area (Å²) < 4.78 is 37.5. The molecule has 2 aliphatic heterocycles. The summed E-state index contributed by atoms with van der Waals surface area (Å²) in [7, 11) is 0. The molecule has 33 heavy (non-hydrogen) atoms. The van der Waals surface area contributed by atoms with Crippen molar-refractivity contribution in [1.82, 2.24) is 15.5 Å². The van der Waals surface area contributed by atoms with E-state index in [9.17, 15) is 22.8 Å². The summed E-state index contributed by atoms with van der Waals surface area (Å²) in [6, 6.07) is 10.2. The number of rotatable bonds is 3. The first-order chi connectivity index (χ1) is 15.6. The first-order valence-electron chi connectivity index (χ1n) is 10.4. The topological polar surface area (TPSA) is 85.3 Å². The van der Waals surface area contributed by atoms with Gasteiger partial charge in [0.05, 0.1) is 0 Å². The monoisotopic (exact) mass is 478 g/mol. The molecule has 0 radical (unpaired) electrons. The van der Waals surface area contributed by atoms with Crippen LogP contribution < -0.4 is 10.6 Å². The first-order valence-corrected chi connectivity index (χ1v) is 10.8. The van der Waals surface area contributed by atoms with Gasteiger partial charge in [-0.05, 0) is 48.7 Å². The van der Waals surface area contributed by atoms with Gasteiger partial charge in [0, 0.05) is 41.2 Å². The molecule has 1 saturated heterocycles. The molecule has 2 heterocycles. The van der Waals surface area contributed by atoms with Crippen LogP contribution in [0.5, 0.6) is 0 Å². The Hall–Kier alpha value is -2.91. The molecule has 0 aliphatic carbocycles. The number of piperidine rings is 1. The Morgan fingerprint density at radius 1 is 1.24 bits per heavy atom. The molecule has 6 nitrogen and oxygen atoms in total. The third-order valence-corrected chi connectivity index (χ3v) is 6.60. The Balaban J connectivity index is 1.57. The van der Waals surface area contributed by atoms with Crippen molar-refractivity contribution in [3.63, 3.8) is 0 Å². The summed E-state index contributed by atoms with van der Waals surface area (Å²) >= 11 is 6.33. The maximum Gasteiger partial charge on any atom is 0.471 e. The highest BCUT2D eigenvalue weighted by Crippen LogP contribution is 2.35. The molecule has 4 rings (SSSR count). The van der Waals surface area contributed by atoms with Crippen LogP contribution >= 0.6 is 11.6 Å². The zero-order valence-corrected chi connectivity index (χ0v) is 18.5. The Morgan fingerprint density at radius 2 is 2.00 bits per heavy atom. The molecule has 2 unspecified atom stereocenters. The van der Waals surface area contributed by atoms with Crippen molar-refractivity contribution >= 4 is 29.3 Å². The summed E-state index contributed by atoms with van der Waals surface area (Å²) in [5.41, 5.74) is 3.10. The summed E-state index contributed by atoms with van der Waals surface area (Å²) in [6.07, 6.45) is -4.36. The van der Waals surface area contributed by atoms with E-state index >= 15 is 0 Å². The predicted molar refractivity (Wildman–Crippen MR) is 118 cm³/mol. The van der Waals surface area contributed by atoms with Crippen LogP contribution in [0.1, 0.15) is 45.0 Å². The molecule has 2 aromatic carbocycles. The predicted octanol–water partition coefficient (Wildman–Crippen LogP) is 3.75. The second kappa shape index (κ2) is 8.79. The smallest absolute Gasteiger partial charge is 0.331 e. The van der Waals surface area contributed by atoms with Crippen LogP contribution in [-0.4, -0.2) is 47.9 Å². The number of aryl methyl sites for hydroxylation is 1. The molecule has 0 saturated carbocycles. The van der Waals surface area contributed by atoms with Gasteiger partial charge in [-0.2, -0.15) is 13.2 Å². The second-order valence-corrected chi connectivity index (χ2v) is 8.71. The van der Waals surface area contributed by atoms with Gasteiger partial charge in [0.15, 0.2) is 0 Å². The van der Waals surface area contributed by atoms with E-state index in [1.165, 1.54) is 17.4 Å². The lowest BCUT2D eigenvalue weighted by atomic mass is 9.85. The maximum atomic E-state index is 13.3. The van der Waals surface area contributed by atoms with Crippen LogP contribution in [0, 0.1) is 12.3 Å². The van der Waals surface area contributed by atoms with E-state index < -0.39 is 17.9 Å². The average molecular weight is 479 g/mol. The van der Waals surface area contributed by atoms with Crippen LogP contribution in [-0.2, 0) is 11.3 Å². The van der Waals surface area contributed by atoms with E-state index in [2.05, 4.69) is 5.32 Å². The minimum Gasteiger partial charge on any atom is -0.331 e. The van der Waals surface area contributed by atoms with E-state index in [1.54, 1.807) is 11.0 Å². The van der Waals surface area contributed by atoms with Gasteiger partial charge in [-0.1, -0.05) is 35.9 Å². The number of halogens is 4. The van der Waals surface area contributed by atoms with Crippen molar-refractivity contribution in [1.29, 1.82) is 5.41 Å². The SMILES string of the molecule is Cc1ccc(C2CNCCC2N2Cc3ccc(C(=N)NC(=O)C(F)(F)F)cc3C2=O)cc1Cl. The van der Waals surface area contributed by atoms with Gasteiger partial charge in [-0.3, -0.25) is 15.0 Å². The van der Waals surface area contributed by atoms with Crippen LogP contribution in [0.2, 0.25) is 5.02 Å². The molecule has 0 bridgehead atoms. The number of alkyl halides is 3. The highest BCUT2D eigenvalue weighted by atomic mass is 35.5. The van der Waals surface area contributed by atoms with Crippen molar-refractivity contribution in [2.45, 2.75) is 38.0 Å². The summed E-state index contributed by atoms with van der Waals surface area (Å²) in [4.78, 5) is 26.2. The zero-order chi connectivity index (χ0) is 23.9. The Morgan fingerprint density at radius 3 is 2.70 bits per heavy atom. The van der Waals surface area contributed by atoms with E-state index in [-0.39, 0.29) is 23.4 Å². The second-order valence-electron chi connectivity index (χ2n) is 8.31. The Kier molecular flexibility index (Phi) is 6.20. The molecule has 10 heteroatoms. The number of benzene rings is 2. The number of carbonyl (C=O) groups is 2. The molecule has 174 valence electrons. The third kappa shape index (κ3) is 4.60. The van der Waals surface area contributed by atoms with Crippen LogP contribution in [0.25, 0.3) is 0 Å². The minimum atomic E-state index is -5.10. The van der Waals surface area contributed by atoms with E-state index in [0.717, 1.165) is 29.7 Å². The molecular formula is C23H22ClF3N4O2. The molecule has 2 atom stereocenters. The summed E-state index contributed by atoms with van der Waals surface area (Å²) in [6.45, 7) is 3.73. The molecule has 3 N–H and O–H groups in total. The van der Waals surface area contributed by atoms with Crippen LogP contribution in [0.3, 0.4) is 0 Å². The molecule has 2 amide bonds. The quantitative estimate of drug-likeness (QED) is 0.464. The van der Waals surface area contributed by atoms with Crippen molar-refractivity contribution in [2.75, 3.05) is 13.1 Å². The fraction of sp³-hybridized carbons (Fsp3) is 0.348. The molecule has 2 aliphatic rings. The van der Waals surface area contributed by atoms with E-state index in [1.807, 2.05) is 25.1 Å². The van der Waals surface area contributed by atoms with E-state index in [4.69, 9.17) is 17.0 Å². The summed E-state index contributed by atoms with van der Waals surface area (Å²) in [5, 5.41) is 13.4. The molecule has 0 aromatic heterocycles. The number of hydrogen-bond acceptors (Lipinski definition) is 4. The van der Waals surface area contributed by atoms with Gasteiger partial charge in [-0.25, -0.2) is 0 Å². The number of nitrogens with one attached hydrogen (secondary N) is 3. The highest BCUT2D eigenvalue weighted by Gasteiger charge is 2.40. The lowest BCUT2D eigenvalue weighted by Crippen LogP contribution is -2.48. The number of carbonyl (C=O) groups excluding carboxylic acids is 2.